The number of amides is 1. The number of nitrogens with zero attached hydrogens (tertiary/aromatic N) is 1. The normalized spacial score (nSPS) is 11.5. The number of nitrogens with one attached hydrogen (secondary N) is 2. The number of anilines is 3. The van der Waals surface area contributed by atoms with Gasteiger partial charge in [-0.15, -0.1) is 0 Å². The lowest BCUT2D eigenvalue weighted by Crippen LogP contribution is -2.37. The maximum Gasteiger partial charge on any atom is 0.261 e. The van der Waals surface area contributed by atoms with Crippen molar-refractivity contribution in [2.24, 2.45) is 0 Å². The Morgan fingerprint density at radius 1 is 0.848 bits per heavy atom. The molecular weight excluding hydrogens is 466 g/mol. The van der Waals surface area contributed by atoms with Crippen molar-refractivity contribution in [2.75, 3.05) is 34.3 Å². The zero-order valence-corrected chi connectivity index (χ0v) is 19.6. The van der Waals surface area contributed by atoms with Crippen molar-refractivity contribution in [3.05, 3.63) is 78.9 Å². The summed E-state index contributed by atoms with van der Waals surface area (Å²) in [4.78, 5) is 12.6. The lowest BCUT2D eigenvalue weighted by molar-refractivity contribution is -0.114. The zero-order valence-electron chi connectivity index (χ0n) is 17.9. The standard InChI is InChI=1S/C22H23N3O6S2/c1-31-21-11-7-6-10-20(21)25(32(2,27)28)16-22(26)23-17-12-14-19(15-13-17)33(29,30)24-18-8-4-3-5-9-18/h3-15,24H,16H2,1-2H3,(H,23,26). The van der Waals surface area contributed by atoms with Gasteiger partial charge in [0.05, 0.1) is 23.9 Å². The number of methoxy groups -OCH3 is 1. The molecule has 3 aromatic carbocycles. The van der Waals surface area contributed by atoms with Crippen molar-refractivity contribution in [2.45, 2.75) is 4.90 Å². The van der Waals surface area contributed by atoms with Crippen molar-refractivity contribution < 1.29 is 26.4 Å². The quantitative estimate of drug-likeness (QED) is 0.477. The Bertz CT molecular complexity index is 1330. The molecule has 0 fully saturated rings. The van der Waals surface area contributed by atoms with Crippen LogP contribution in [0.2, 0.25) is 0 Å². The average Bonchev–Trinajstić information content (AvgIpc) is 2.77. The summed E-state index contributed by atoms with van der Waals surface area (Å²) < 4.78 is 58.3. The Morgan fingerprint density at radius 2 is 1.45 bits per heavy atom. The van der Waals surface area contributed by atoms with Gasteiger partial charge in [0.25, 0.3) is 10.0 Å². The van der Waals surface area contributed by atoms with Crippen LogP contribution in [0.5, 0.6) is 5.75 Å². The highest BCUT2D eigenvalue weighted by Gasteiger charge is 2.24. The van der Waals surface area contributed by atoms with Gasteiger partial charge in [-0.1, -0.05) is 30.3 Å². The summed E-state index contributed by atoms with van der Waals surface area (Å²) >= 11 is 0. The number of rotatable bonds is 9. The molecule has 174 valence electrons. The maximum absolute atomic E-state index is 12.6. The zero-order chi connectivity index (χ0) is 24.1. The Morgan fingerprint density at radius 3 is 2.06 bits per heavy atom. The predicted octanol–water partition coefficient (Wildman–Crippen LogP) is 2.90. The molecule has 33 heavy (non-hydrogen) atoms. The SMILES string of the molecule is COc1ccccc1N(CC(=O)Nc1ccc(S(=O)(=O)Nc2ccccc2)cc1)S(C)(=O)=O. The highest BCUT2D eigenvalue weighted by molar-refractivity contribution is 7.92. The van der Waals surface area contributed by atoms with Crippen LogP contribution in [0.3, 0.4) is 0 Å². The highest BCUT2D eigenvalue weighted by Crippen LogP contribution is 2.29. The smallest absolute Gasteiger partial charge is 0.261 e. The van der Waals surface area contributed by atoms with Gasteiger partial charge in [0, 0.05) is 11.4 Å². The van der Waals surface area contributed by atoms with Gasteiger partial charge in [0.2, 0.25) is 15.9 Å². The third-order valence-corrected chi connectivity index (χ3v) is 7.04. The molecule has 0 heterocycles. The first kappa shape index (κ1) is 24.1. The molecule has 11 heteroatoms. The first-order valence-electron chi connectivity index (χ1n) is 9.69. The summed E-state index contributed by atoms with van der Waals surface area (Å²) in [5.74, 6) is -0.305. The van der Waals surface area contributed by atoms with E-state index < -0.39 is 32.5 Å². The Labute approximate surface area is 193 Å². The number of ether oxygens (including phenoxy) is 1. The summed E-state index contributed by atoms with van der Waals surface area (Å²) in [6.07, 6.45) is 0.992. The summed E-state index contributed by atoms with van der Waals surface area (Å²) in [5, 5.41) is 2.58. The molecule has 1 amide bonds. The Kier molecular flexibility index (Phi) is 7.24. The molecule has 0 aliphatic rings. The van der Waals surface area contributed by atoms with Gasteiger partial charge in [-0.2, -0.15) is 0 Å². The molecular formula is C22H23N3O6S2. The van der Waals surface area contributed by atoms with E-state index in [-0.39, 0.29) is 10.6 Å². The summed E-state index contributed by atoms with van der Waals surface area (Å²) in [5.41, 5.74) is 0.963. The summed E-state index contributed by atoms with van der Waals surface area (Å²) in [6.45, 7) is -0.491. The molecule has 0 aliphatic heterocycles. The Hall–Kier alpha value is -3.57. The minimum atomic E-state index is -3.80. The van der Waals surface area contributed by atoms with Crippen molar-refractivity contribution >= 4 is 43.0 Å². The second-order valence-corrected chi connectivity index (χ2v) is 10.6. The second kappa shape index (κ2) is 9.92. The van der Waals surface area contributed by atoms with E-state index in [4.69, 9.17) is 4.74 Å². The number of para-hydroxylation sites is 3. The summed E-state index contributed by atoms with van der Waals surface area (Å²) in [6, 6.07) is 20.4. The molecule has 0 spiro atoms. The van der Waals surface area contributed by atoms with E-state index in [0.717, 1.165) is 10.6 Å². The van der Waals surface area contributed by atoms with Crippen molar-refractivity contribution in [1.29, 1.82) is 0 Å². The van der Waals surface area contributed by atoms with E-state index in [1.807, 2.05) is 0 Å². The topological polar surface area (TPSA) is 122 Å². The molecule has 0 saturated heterocycles. The van der Waals surface area contributed by atoms with Crippen LogP contribution in [-0.4, -0.2) is 42.7 Å². The van der Waals surface area contributed by atoms with E-state index in [2.05, 4.69) is 10.0 Å². The van der Waals surface area contributed by atoms with Crippen LogP contribution in [0.25, 0.3) is 0 Å². The van der Waals surface area contributed by atoms with Crippen molar-refractivity contribution in [1.82, 2.24) is 0 Å². The Balaban J connectivity index is 1.73. The molecule has 0 saturated carbocycles. The lowest BCUT2D eigenvalue weighted by Gasteiger charge is -2.23. The van der Waals surface area contributed by atoms with E-state index >= 15 is 0 Å². The fourth-order valence-corrected chi connectivity index (χ4v) is 4.90. The fraction of sp³-hybridized carbons (Fsp3) is 0.136. The maximum atomic E-state index is 12.6. The molecule has 9 nitrogen and oxygen atoms in total. The van der Waals surface area contributed by atoms with Crippen LogP contribution in [0.1, 0.15) is 0 Å². The van der Waals surface area contributed by atoms with E-state index in [9.17, 15) is 21.6 Å². The van der Waals surface area contributed by atoms with Crippen LogP contribution >= 0.6 is 0 Å². The second-order valence-electron chi connectivity index (χ2n) is 6.99. The molecule has 0 atom stereocenters. The monoisotopic (exact) mass is 489 g/mol. The summed E-state index contributed by atoms with van der Waals surface area (Å²) in [7, 11) is -6.19. The van der Waals surface area contributed by atoms with Crippen LogP contribution in [0.15, 0.2) is 83.8 Å². The number of benzene rings is 3. The molecule has 3 aromatic rings. The minimum Gasteiger partial charge on any atom is -0.495 e. The number of hydrogen-bond donors (Lipinski definition) is 2. The first-order chi connectivity index (χ1) is 15.6. The number of carbonyl (C=O) groups is 1. The van der Waals surface area contributed by atoms with Crippen LogP contribution in [0, 0.1) is 0 Å². The molecule has 0 aromatic heterocycles. The molecule has 3 rings (SSSR count). The molecule has 2 N–H and O–H groups in total. The molecule has 0 unspecified atom stereocenters. The van der Waals surface area contributed by atoms with Gasteiger partial charge < -0.3 is 10.1 Å². The van der Waals surface area contributed by atoms with E-state index in [1.54, 1.807) is 48.5 Å². The van der Waals surface area contributed by atoms with Gasteiger partial charge in [0.15, 0.2) is 0 Å². The van der Waals surface area contributed by atoms with Gasteiger partial charge >= 0.3 is 0 Å². The first-order valence-corrected chi connectivity index (χ1v) is 13.0. The lowest BCUT2D eigenvalue weighted by atomic mass is 10.3. The predicted molar refractivity (Wildman–Crippen MR) is 128 cm³/mol. The molecule has 0 bridgehead atoms. The van der Waals surface area contributed by atoms with Gasteiger partial charge in [0.1, 0.15) is 12.3 Å². The number of carbonyl (C=O) groups excluding carboxylic acids is 1. The van der Waals surface area contributed by atoms with Gasteiger partial charge in [-0.05, 0) is 48.5 Å². The largest absolute Gasteiger partial charge is 0.495 e. The number of sulfonamides is 2. The average molecular weight is 490 g/mol. The number of hydrogen-bond acceptors (Lipinski definition) is 6. The van der Waals surface area contributed by atoms with Gasteiger partial charge in [-0.25, -0.2) is 16.8 Å². The van der Waals surface area contributed by atoms with E-state index in [0.29, 0.717) is 17.1 Å². The van der Waals surface area contributed by atoms with E-state index in [1.165, 1.54) is 37.4 Å². The van der Waals surface area contributed by atoms with Crippen molar-refractivity contribution in [3.63, 3.8) is 0 Å². The fourth-order valence-electron chi connectivity index (χ4n) is 2.99. The molecule has 0 aliphatic carbocycles. The van der Waals surface area contributed by atoms with Gasteiger partial charge in [-0.3, -0.25) is 13.8 Å². The molecule has 0 radical (unpaired) electrons. The van der Waals surface area contributed by atoms with Crippen LogP contribution in [0.4, 0.5) is 17.1 Å². The van der Waals surface area contributed by atoms with Crippen LogP contribution < -0.4 is 19.1 Å². The highest BCUT2D eigenvalue weighted by atomic mass is 32.2. The minimum absolute atomic E-state index is 0.0103. The third-order valence-electron chi connectivity index (χ3n) is 4.52. The third kappa shape index (κ3) is 6.24. The van der Waals surface area contributed by atoms with Crippen LogP contribution in [-0.2, 0) is 24.8 Å². The van der Waals surface area contributed by atoms with Crippen molar-refractivity contribution in [3.8, 4) is 5.75 Å².